The van der Waals surface area contributed by atoms with E-state index in [-0.39, 0.29) is 28.9 Å². The Balaban J connectivity index is 1.78. The number of likely N-dealkylation sites (tertiary alicyclic amines) is 1. The van der Waals surface area contributed by atoms with Gasteiger partial charge in [0.25, 0.3) is 11.5 Å². The molecule has 0 spiro atoms. The number of carbonyl (C=O) groups is 2. The molecule has 138 valence electrons. The Morgan fingerprint density at radius 1 is 1.15 bits per heavy atom. The number of hydrogen-bond acceptors (Lipinski definition) is 4. The summed E-state index contributed by atoms with van der Waals surface area (Å²) in [7, 11) is 1.62. The van der Waals surface area contributed by atoms with E-state index in [1.165, 1.54) is 6.07 Å². The van der Waals surface area contributed by atoms with Crippen molar-refractivity contribution < 1.29 is 14.3 Å². The number of aromatic amines is 2. The largest absolute Gasteiger partial charge is 0.496 e. The van der Waals surface area contributed by atoms with E-state index in [0.717, 1.165) is 29.7 Å². The molecule has 26 heavy (non-hydrogen) atoms. The number of nitrogens with one attached hydrogen (secondary N) is 2. The molecule has 1 aromatic carbocycles. The second kappa shape index (κ2) is 7.19. The van der Waals surface area contributed by atoms with Gasteiger partial charge in [0.1, 0.15) is 11.4 Å². The lowest BCUT2D eigenvalue weighted by Gasteiger charge is -2.31. The summed E-state index contributed by atoms with van der Waals surface area (Å²) in [6.45, 7) is 4.77. The molecule has 1 fully saturated rings. The maximum absolute atomic E-state index is 13.0. The van der Waals surface area contributed by atoms with Gasteiger partial charge in [0, 0.05) is 30.6 Å². The average Bonchev–Trinajstić information content (AvgIpc) is 3.06. The van der Waals surface area contributed by atoms with Crippen LogP contribution in [-0.2, 0) is 0 Å². The smallest absolute Gasteiger partial charge is 0.271 e. The number of aromatic nitrogens is 2. The maximum atomic E-state index is 13.0. The van der Waals surface area contributed by atoms with Gasteiger partial charge in [-0.25, -0.2) is 0 Å². The fraction of sp³-hybridized carbons (Fsp3) is 0.421. The third-order valence-corrected chi connectivity index (χ3v) is 4.85. The summed E-state index contributed by atoms with van der Waals surface area (Å²) in [6, 6.07) is 4.93. The zero-order valence-corrected chi connectivity index (χ0v) is 15.2. The van der Waals surface area contributed by atoms with E-state index in [2.05, 4.69) is 10.2 Å². The Kier molecular flexibility index (Phi) is 4.97. The van der Waals surface area contributed by atoms with E-state index >= 15 is 0 Å². The van der Waals surface area contributed by atoms with Crippen molar-refractivity contribution in [2.24, 2.45) is 5.92 Å². The number of benzene rings is 1. The summed E-state index contributed by atoms with van der Waals surface area (Å²) in [5, 5.41) is 4.94. The normalized spacial score (nSPS) is 17.2. The molecule has 7 heteroatoms. The van der Waals surface area contributed by atoms with Crippen molar-refractivity contribution in [3.63, 3.8) is 0 Å². The molecule has 2 heterocycles. The average molecular weight is 357 g/mol. The minimum absolute atomic E-state index is 0.0407. The van der Waals surface area contributed by atoms with E-state index in [1.807, 2.05) is 26.0 Å². The summed E-state index contributed by atoms with van der Waals surface area (Å²) in [5.41, 5.74) is 2.37. The molecule has 0 aliphatic carbocycles. The number of Topliss-reactive ketones (excluding diaryl/α,β-unsaturated/α-hetero) is 1. The number of ether oxygens (including phenoxy) is 1. The molecule has 1 aromatic heterocycles. The van der Waals surface area contributed by atoms with Crippen molar-refractivity contribution in [2.45, 2.75) is 26.7 Å². The van der Waals surface area contributed by atoms with Gasteiger partial charge in [-0.15, -0.1) is 0 Å². The Morgan fingerprint density at radius 3 is 2.42 bits per heavy atom. The van der Waals surface area contributed by atoms with Crippen LogP contribution in [0.15, 0.2) is 23.0 Å². The first kappa shape index (κ1) is 18.0. The molecule has 0 bridgehead atoms. The Hall–Kier alpha value is -2.83. The molecule has 1 saturated heterocycles. The van der Waals surface area contributed by atoms with E-state index in [4.69, 9.17) is 4.74 Å². The first-order valence-corrected chi connectivity index (χ1v) is 8.67. The lowest BCUT2D eigenvalue weighted by atomic mass is 9.88. The van der Waals surface area contributed by atoms with Gasteiger partial charge >= 0.3 is 0 Å². The Morgan fingerprint density at radius 2 is 1.85 bits per heavy atom. The van der Waals surface area contributed by atoms with Gasteiger partial charge in [-0.1, -0.05) is 0 Å². The van der Waals surface area contributed by atoms with Crippen LogP contribution in [0.3, 0.4) is 0 Å². The van der Waals surface area contributed by atoms with Gasteiger partial charge in [-0.05, 0) is 49.9 Å². The molecule has 0 radical (unpaired) electrons. The number of piperidine rings is 1. The first-order chi connectivity index (χ1) is 12.4. The molecule has 2 N–H and O–H groups in total. The van der Waals surface area contributed by atoms with Crippen molar-refractivity contribution in [3.05, 3.63) is 50.9 Å². The molecule has 1 atom stereocenters. The Labute approximate surface area is 151 Å². The second-order valence-corrected chi connectivity index (χ2v) is 6.77. The maximum Gasteiger partial charge on any atom is 0.271 e. The third kappa shape index (κ3) is 3.42. The highest BCUT2D eigenvalue weighted by Gasteiger charge is 2.30. The predicted molar refractivity (Wildman–Crippen MR) is 96.8 cm³/mol. The number of ketones is 1. The number of nitrogens with zero attached hydrogens (tertiary/aromatic N) is 1. The molecule has 1 aliphatic heterocycles. The standard InChI is InChI=1S/C19H23N3O4/c1-11-7-14(8-12(2)18(11)26-3)17(24)13-5-4-6-22(10-13)19(25)15-9-16(23)21-20-15/h7-9,13H,4-6,10H2,1-3H3,(H2,20,21,23)/t13-/m0/s1. The molecule has 0 unspecified atom stereocenters. The van der Waals surface area contributed by atoms with Crippen molar-refractivity contribution in [2.75, 3.05) is 20.2 Å². The molecule has 2 aromatic rings. The van der Waals surface area contributed by atoms with Crippen molar-refractivity contribution >= 4 is 11.7 Å². The van der Waals surface area contributed by atoms with Crippen LogP contribution in [0.25, 0.3) is 0 Å². The van der Waals surface area contributed by atoms with Crippen molar-refractivity contribution in [1.29, 1.82) is 0 Å². The molecule has 3 rings (SSSR count). The highest BCUT2D eigenvalue weighted by molar-refractivity contribution is 5.99. The summed E-state index contributed by atoms with van der Waals surface area (Å²) in [4.78, 5) is 38.3. The van der Waals surface area contributed by atoms with E-state index in [0.29, 0.717) is 18.7 Å². The van der Waals surface area contributed by atoms with Gasteiger partial charge in [0.15, 0.2) is 5.78 Å². The van der Waals surface area contributed by atoms with E-state index < -0.39 is 0 Å². The summed E-state index contributed by atoms with van der Waals surface area (Å²) < 4.78 is 5.36. The van der Waals surface area contributed by atoms with Crippen LogP contribution in [0.2, 0.25) is 0 Å². The van der Waals surface area contributed by atoms with Crippen LogP contribution >= 0.6 is 0 Å². The SMILES string of the molecule is COc1c(C)cc(C(=O)[C@H]2CCCN(C(=O)c3cc(=O)[nH][nH]3)C2)cc1C. The topological polar surface area (TPSA) is 95.3 Å². The number of rotatable bonds is 4. The lowest BCUT2D eigenvalue weighted by molar-refractivity contribution is 0.0632. The van der Waals surface area contributed by atoms with Crippen LogP contribution in [0.4, 0.5) is 0 Å². The monoisotopic (exact) mass is 357 g/mol. The molecule has 1 aliphatic rings. The third-order valence-electron chi connectivity index (χ3n) is 4.85. The number of hydrogen-bond donors (Lipinski definition) is 2. The van der Waals surface area contributed by atoms with Gasteiger partial charge < -0.3 is 9.64 Å². The van der Waals surface area contributed by atoms with Crippen molar-refractivity contribution in [3.8, 4) is 5.75 Å². The van der Waals surface area contributed by atoms with Crippen molar-refractivity contribution in [1.82, 2.24) is 15.1 Å². The quantitative estimate of drug-likeness (QED) is 0.819. The number of H-pyrrole nitrogens is 2. The van der Waals surface area contributed by atoms with Gasteiger partial charge in [0.2, 0.25) is 0 Å². The molecule has 0 saturated carbocycles. The van der Waals surface area contributed by atoms with Crippen LogP contribution in [0.5, 0.6) is 5.75 Å². The fourth-order valence-corrected chi connectivity index (χ4v) is 3.64. The number of methoxy groups -OCH3 is 1. The van der Waals surface area contributed by atoms with Crippen LogP contribution < -0.4 is 10.3 Å². The van der Waals surface area contributed by atoms with Gasteiger partial charge in [0.05, 0.1) is 7.11 Å². The zero-order valence-electron chi connectivity index (χ0n) is 15.2. The molecule has 7 nitrogen and oxygen atoms in total. The number of aryl methyl sites for hydroxylation is 2. The van der Waals surface area contributed by atoms with Crippen LogP contribution in [0.1, 0.15) is 44.8 Å². The minimum atomic E-state index is -0.345. The summed E-state index contributed by atoms with van der Waals surface area (Å²) in [6.07, 6.45) is 1.50. The minimum Gasteiger partial charge on any atom is -0.496 e. The number of amides is 1. The highest BCUT2D eigenvalue weighted by atomic mass is 16.5. The van der Waals surface area contributed by atoms with Gasteiger partial charge in [-0.3, -0.25) is 24.6 Å². The molecule has 1 amide bonds. The fourth-order valence-electron chi connectivity index (χ4n) is 3.64. The molecular formula is C19H23N3O4. The van der Waals surface area contributed by atoms with Crippen LogP contribution in [-0.4, -0.2) is 47.0 Å². The van der Waals surface area contributed by atoms with Crippen LogP contribution in [0, 0.1) is 19.8 Å². The summed E-state index contributed by atoms with van der Waals surface area (Å²) >= 11 is 0. The van der Waals surface area contributed by atoms with Gasteiger partial charge in [-0.2, -0.15) is 0 Å². The van der Waals surface area contributed by atoms with E-state index in [9.17, 15) is 14.4 Å². The molecular weight excluding hydrogens is 334 g/mol. The first-order valence-electron chi connectivity index (χ1n) is 8.67. The second-order valence-electron chi connectivity index (χ2n) is 6.77. The highest BCUT2D eigenvalue weighted by Crippen LogP contribution is 2.28. The zero-order chi connectivity index (χ0) is 18.8. The summed E-state index contributed by atoms with van der Waals surface area (Å²) in [5.74, 6) is 0.325. The van der Waals surface area contributed by atoms with E-state index in [1.54, 1.807) is 12.0 Å². The predicted octanol–water partition coefficient (Wildman–Crippen LogP) is 2.06. The Bertz CT molecular complexity index is 873. The number of carbonyl (C=O) groups excluding carboxylic acids is 2. The lowest BCUT2D eigenvalue weighted by Crippen LogP contribution is -2.42.